The van der Waals surface area contributed by atoms with Crippen LogP contribution in [-0.2, 0) is 16.1 Å². The molecule has 0 N–H and O–H groups in total. The van der Waals surface area contributed by atoms with Gasteiger partial charge in [0.1, 0.15) is 0 Å². The van der Waals surface area contributed by atoms with Crippen LogP contribution in [0.2, 0.25) is 0 Å². The lowest BCUT2D eigenvalue weighted by molar-refractivity contribution is -0.384. The van der Waals surface area contributed by atoms with E-state index in [1.165, 1.54) is 30.4 Å². The topological polar surface area (TPSA) is 86.7 Å². The number of aromatic nitrogens is 1. The summed E-state index contributed by atoms with van der Waals surface area (Å²) in [7, 11) is 1.57. The first kappa shape index (κ1) is 14.4. The van der Waals surface area contributed by atoms with Crippen LogP contribution in [0.15, 0.2) is 23.2 Å². The number of carbonyl (C=O) groups is 1. The molecule has 0 unspecified atom stereocenters. The van der Waals surface area contributed by atoms with Gasteiger partial charge in [-0.25, -0.2) is 0 Å². The predicted octanol–water partition coefficient (Wildman–Crippen LogP) is 1.70. The summed E-state index contributed by atoms with van der Waals surface area (Å²) in [5.41, 5.74) is 0.692. The van der Waals surface area contributed by atoms with E-state index in [9.17, 15) is 14.9 Å². The number of rotatable bonds is 4. The second-order valence-corrected chi connectivity index (χ2v) is 5.08. The Hall–Kier alpha value is -2.06. The Bertz CT molecular complexity index is 732. The molecule has 8 heteroatoms. The van der Waals surface area contributed by atoms with E-state index >= 15 is 0 Å². The zero-order chi connectivity index (χ0) is 14.7. The molecule has 2 rings (SSSR count). The van der Waals surface area contributed by atoms with Crippen LogP contribution in [0, 0.1) is 10.1 Å². The third-order valence-corrected chi connectivity index (χ3v) is 3.71. The number of ether oxygens (including phenoxy) is 1. The Kier molecular flexibility index (Phi) is 4.26. The van der Waals surface area contributed by atoms with Gasteiger partial charge >= 0.3 is 0 Å². The van der Waals surface area contributed by atoms with E-state index in [0.717, 1.165) is 4.70 Å². The fourth-order valence-corrected chi connectivity index (χ4v) is 2.87. The summed E-state index contributed by atoms with van der Waals surface area (Å²) in [6, 6.07) is 4.60. The molecule has 7 nitrogen and oxygen atoms in total. The average molecular weight is 295 g/mol. The van der Waals surface area contributed by atoms with Gasteiger partial charge in [0.05, 0.1) is 21.7 Å². The average Bonchev–Trinajstić information content (AvgIpc) is 2.71. The summed E-state index contributed by atoms with van der Waals surface area (Å²) in [4.78, 5) is 26.0. The van der Waals surface area contributed by atoms with Crippen LogP contribution in [0.4, 0.5) is 5.69 Å². The Morgan fingerprint density at radius 1 is 1.55 bits per heavy atom. The first-order chi connectivity index (χ1) is 9.52. The van der Waals surface area contributed by atoms with Gasteiger partial charge in [-0.15, -0.1) is 0 Å². The third kappa shape index (κ3) is 2.91. The lowest BCUT2D eigenvalue weighted by Crippen LogP contribution is -2.18. The van der Waals surface area contributed by atoms with Crippen LogP contribution in [0.5, 0.6) is 0 Å². The van der Waals surface area contributed by atoms with Crippen LogP contribution in [0.25, 0.3) is 10.2 Å². The molecular formula is C12H13N3O4S. The van der Waals surface area contributed by atoms with Gasteiger partial charge in [0.2, 0.25) is 5.91 Å². The third-order valence-electron chi connectivity index (χ3n) is 2.65. The number of carbonyl (C=O) groups excluding carboxylic acids is 1. The van der Waals surface area contributed by atoms with E-state index in [2.05, 4.69) is 4.99 Å². The SMILES string of the molecule is COCCn1c(=NC(C)=O)sc2ccc([N+](=O)[O-])cc21. The number of hydrogen-bond donors (Lipinski definition) is 0. The fraction of sp³-hybridized carbons (Fsp3) is 0.333. The molecule has 1 aromatic heterocycles. The number of nitro groups is 1. The standard InChI is InChI=1S/C12H13N3O4S/c1-8(16)13-12-14(5-6-19-2)10-7-9(15(17)18)3-4-11(10)20-12/h3-4,7H,5-6H2,1-2H3. The highest BCUT2D eigenvalue weighted by Gasteiger charge is 2.12. The van der Waals surface area contributed by atoms with Gasteiger partial charge in [-0.1, -0.05) is 11.3 Å². The molecule has 1 aromatic carbocycles. The number of non-ortho nitro benzene ring substituents is 1. The van der Waals surface area contributed by atoms with Crippen molar-refractivity contribution in [1.82, 2.24) is 4.57 Å². The van der Waals surface area contributed by atoms with E-state index in [1.807, 2.05) is 0 Å². The molecule has 1 heterocycles. The largest absolute Gasteiger partial charge is 0.383 e. The van der Waals surface area contributed by atoms with E-state index in [-0.39, 0.29) is 11.6 Å². The summed E-state index contributed by atoms with van der Waals surface area (Å²) < 4.78 is 7.63. The lowest BCUT2D eigenvalue weighted by atomic mass is 10.3. The summed E-state index contributed by atoms with van der Waals surface area (Å²) in [5, 5.41) is 10.9. The Morgan fingerprint density at radius 3 is 2.90 bits per heavy atom. The molecule has 0 aliphatic carbocycles. The minimum absolute atomic E-state index is 0.0100. The van der Waals surface area contributed by atoms with Crippen LogP contribution >= 0.6 is 11.3 Å². The monoisotopic (exact) mass is 295 g/mol. The molecule has 0 atom stereocenters. The zero-order valence-electron chi connectivity index (χ0n) is 11.0. The van der Waals surface area contributed by atoms with Crippen molar-refractivity contribution in [1.29, 1.82) is 0 Å². The van der Waals surface area contributed by atoms with Crippen LogP contribution in [-0.4, -0.2) is 29.1 Å². The Morgan fingerprint density at radius 2 is 2.30 bits per heavy atom. The highest BCUT2D eigenvalue weighted by atomic mass is 32.1. The maximum absolute atomic E-state index is 11.2. The first-order valence-electron chi connectivity index (χ1n) is 5.85. The summed E-state index contributed by atoms with van der Waals surface area (Å²) in [6.45, 7) is 2.27. The van der Waals surface area contributed by atoms with Gasteiger partial charge in [-0.2, -0.15) is 4.99 Å². The van der Waals surface area contributed by atoms with Crippen LogP contribution in [0.3, 0.4) is 0 Å². The molecule has 0 bridgehead atoms. The van der Waals surface area contributed by atoms with Crippen molar-refractivity contribution in [2.75, 3.05) is 13.7 Å². The van der Waals surface area contributed by atoms with E-state index < -0.39 is 4.92 Å². The molecule has 0 fully saturated rings. The highest BCUT2D eigenvalue weighted by molar-refractivity contribution is 7.16. The maximum Gasteiger partial charge on any atom is 0.271 e. The molecule has 2 aromatic rings. The first-order valence-corrected chi connectivity index (χ1v) is 6.66. The van der Waals surface area contributed by atoms with Gasteiger partial charge < -0.3 is 9.30 Å². The number of hydrogen-bond acceptors (Lipinski definition) is 5. The van der Waals surface area contributed by atoms with E-state index in [0.29, 0.717) is 23.5 Å². The molecule has 0 saturated heterocycles. The molecule has 0 aliphatic heterocycles. The minimum Gasteiger partial charge on any atom is -0.383 e. The second kappa shape index (κ2) is 5.93. The van der Waals surface area contributed by atoms with Crippen molar-refractivity contribution >= 4 is 33.1 Å². The number of nitrogens with zero attached hydrogens (tertiary/aromatic N) is 3. The highest BCUT2D eigenvalue weighted by Crippen LogP contribution is 2.23. The van der Waals surface area contributed by atoms with Crippen LogP contribution in [0.1, 0.15) is 6.92 Å². The quantitative estimate of drug-likeness (QED) is 0.634. The molecule has 20 heavy (non-hydrogen) atoms. The van der Waals surface area contributed by atoms with Crippen molar-refractivity contribution in [2.45, 2.75) is 13.5 Å². The zero-order valence-corrected chi connectivity index (χ0v) is 11.8. The number of nitro benzene ring substituents is 1. The second-order valence-electron chi connectivity index (χ2n) is 4.07. The van der Waals surface area contributed by atoms with Crippen molar-refractivity contribution in [3.63, 3.8) is 0 Å². The van der Waals surface area contributed by atoms with E-state index in [4.69, 9.17) is 4.74 Å². The number of benzene rings is 1. The molecule has 0 aliphatic rings. The molecule has 1 amide bonds. The van der Waals surface area contributed by atoms with E-state index in [1.54, 1.807) is 17.7 Å². The normalized spacial score (nSPS) is 12.0. The lowest BCUT2D eigenvalue weighted by Gasteiger charge is -2.03. The molecule has 0 radical (unpaired) electrons. The van der Waals surface area contributed by atoms with Crippen molar-refractivity contribution in [3.05, 3.63) is 33.1 Å². The number of fused-ring (bicyclic) bond motifs is 1. The number of thiazole rings is 1. The summed E-state index contributed by atoms with van der Waals surface area (Å²) in [6.07, 6.45) is 0. The van der Waals surface area contributed by atoms with Gasteiger partial charge in [0.25, 0.3) is 5.69 Å². The van der Waals surface area contributed by atoms with Crippen LogP contribution < -0.4 is 4.80 Å². The van der Waals surface area contributed by atoms with Crippen molar-refractivity contribution < 1.29 is 14.5 Å². The predicted molar refractivity (Wildman–Crippen MR) is 74.6 cm³/mol. The Labute approximate surface area is 118 Å². The van der Waals surface area contributed by atoms with Gasteiger partial charge in [0.15, 0.2) is 4.80 Å². The van der Waals surface area contributed by atoms with Crippen molar-refractivity contribution in [2.24, 2.45) is 4.99 Å². The maximum atomic E-state index is 11.2. The smallest absolute Gasteiger partial charge is 0.271 e. The molecule has 106 valence electrons. The van der Waals surface area contributed by atoms with Gasteiger partial charge in [-0.3, -0.25) is 14.9 Å². The number of amides is 1. The number of methoxy groups -OCH3 is 1. The Balaban J connectivity index is 2.68. The minimum atomic E-state index is -0.445. The van der Waals surface area contributed by atoms with Crippen molar-refractivity contribution in [3.8, 4) is 0 Å². The molecule has 0 spiro atoms. The fourth-order valence-electron chi connectivity index (χ4n) is 1.79. The van der Waals surface area contributed by atoms with Gasteiger partial charge in [0, 0.05) is 32.7 Å². The van der Waals surface area contributed by atoms with Gasteiger partial charge in [-0.05, 0) is 6.07 Å². The molecule has 0 saturated carbocycles. The summed E-state index contributed by atoms with van der Waals surface area (Å²) in [5.74, 6) is -0.308. The molecular weight excluding hydrogens is 282 g/mol. The summed E-state index contributed by atoms with van der Waals surface area (Å²) >= 11 is 1.32.